The lowest BCUT2D eigenvalue weighted by molar-refractivity contribution is -0.154. The SMILES string of the molecule is Cc1ccc(F)c(CN(C)C(=O)[C@@H]2CC[C@H](C(=O)O)O2)c1. The molecule has 1 aliphatic heterocycles. The molecule has 0 aromatic heterocycles. The molecule has 0 bridgehead atoms. The van der Waals surface area contributed by atoms with Gasteiger partial charge in [-0.1, -0.05) is 17.7 Å². The first kappa shape index (κ1) is 15.4. The zero-order valence-corrected chi connectivity index (χ0v) is 12.0. The third-order valence-electron chi connectivity index (χ3n) is 3.56. The summed E-state index contributed by atoms with van der Waals surface area (Å²) in [7, 11) is 1.56. The normalized spacial score (nSPS) is 21.3. The molecule has 5 nitrogen and oxygen atoms in total. The van der Waals surface area contributed by atoms with Crippen LogP contribution in [0.3, 0.4) is 0 Å². The van der Waals surface area contributed by atoms with Crippen molar-refractivity contribution in [3.8, 4) is 0 Å². The van der Waals surface area contributed by atoms with Gasteiger partial charge in [0.1, 0.15) is 11.9 Å². The molecule has 0 spiro atoms. The first-order valence-electron chi connectivity index (χ1n) is 6.76. The van der Waals surface area contributed by atoms with Gasteiger partial charge in [-0.3, -0.25) is 4.79 Å². The van der Waals surface area contributed by atoms with Crippen LogP contribution in [0.2, 0.25) is 0 Å². The molecule has 1 aliphatic rings. The molecule has 0 aliphatic carbocycles. The number of carboxylic acids is 1. The third kappa shape index (κ3) is 3.58. The Hall–Kier alpha value is -1.95. The predicted molar refractivity (Wildman–Crippen MR) is 73.1 cm³/mol. The number of carboxylic acid groups (broad SMARTS) is 1. The molecular weight excluding hydrogens is 277 g/mol. The average molecular weight is 295 g/mol. The minimum absolute atomic E-state index is 0.129. The zero-order chi connectivity index (χ0) is 15.6. The van der Waals surface area contributed by atoms with Gasteiger partial charge in [0, 0.05) is 19.2 Å². The summed E-state index contributed by atoms with van der Waals surface area (Å²) in [6.07, 6.45) is -0.999. The van der Waals surface area contributed by atoms with Crippen LogP contribution in [-0.4, -0.2) is 41.1 Å². The van der Waals surface area contributed by atoms with Gasteiger partial charge in [0.15, 0.2) is 6.10 Å². The number of nitrogens with zero attached hydrogens (tertiary/aromatic N) is 1. The van der Waals surface area contributed by atoms with Crippen molar-refractivity contribution in [2.45, 2.75) is 38.5 Å². The van der Waals surface area contributed by atoms with E-state index in [-0.39, 0.29) is 18.3 Å². The lowest BCUT2D eigenvalue weighted by Crippen LogP contribution is -2.37. The van der Waals surface area contributed by atoms with E-state index in [9.17, 15) is 14.0 Å². The maximum absolute atomic E-state index is 13.7. The molecule has 2 atom stereocenters. The Balaban J connectivity index is 2.00. The number of aryl methyl sites for hydroxylation is 1. The molecule has 1 N–H and O–H groups in total. The monoisotopic (exact) mass is 295 g/mol. The minimum Gasteiger partial charge on any atom is -0.479 e. The van der Waals surface area contributed by atoms with Crippen LogP contribution < -0.4 is 0 Å². The smallest absolute Gasteiger partial charge is 0.332 e. The highest BCUT2D eigenvalue weighted by Crippen LogP contribution is 2.22. The van der Waals surface area contributed by atoms with E-state index in [1.165, 1.54) is 11.0 Å². The van der Waals surface area contributed by atoms with E-state index in [0.717, 1.165) is 5.56 Å². The first-order valence-corrected chi connectivity index (χ1v) is 6.76. The summed E-state index contributed by atoms with van der Waals surface area (Å²) in [5, 5.41) is 8.85. The molecule has 1 saturated heterocycles. The maximum atomic E-state index is 13.7. The number of carbonyl (C=O) groups excluding carboxylic acids is 1. The summed E-state index contributed by atoms with van der Waals surface area (Å²) in [5.41, 5.74) is 1.34. The van der Waals surface area contributed by atoms with Crippen LogP contribution in [-0.2, 0) is 20.9 Å². The summed E-state index contributed by atoms with van der Waals surface area (Å²) >= 11 is 0. The Morgan fingerprint density at radius 2 is 2.05 bits per heavy atom. The molecule has 6 heteroatoms. The third-order valence-corrected chi connectivity index (χ3v) is 3.56. The van der Waals surface area contributed by atoms with Crippen molar-refractivity contribution in [2.75, 3.05) is 7.05 Å². The number of ether oxygens (including phenoxy) is 1. The van der Waals surface area contributed by atoms with Gasteiger partial charge in [-0.2, -0.15) is 0 Å². The molecule has 1 heterocycles. The molecule has 0 saturated carbocycles. The molecule has 114 valence electrons. The summed E-state index contributed by atoms with van der Waals surface area (Å²) in [4.78, 5) is 24.4. The van der Waals surface area contributed by atoms with E-state index in [1.54, 1.807) is 19.2 Å². The number of rotatable bonds is 4. The number of likely N-dealkylation sites (N-methyl/N-ethyl adjacent to an activating group) is 1. The second kappa shape index (κ2) is 6.22. The summed E-state index contributed by atoms with van der Waals surface area (Å²) in [6, 6.07) is 4.72. The fourth-order valence-corrected chi connectivity index (χ4v) is 2.40. The molecule has 1 amide bonds. The average Bonchev–Trinajstić information content (AvgIpc) is 2.91. The van der Waals surface area contributed by atoms with Crippen LogP contribution >= 0.6 is 0 Å². The van der Waals surface area contributed by atoms with Crippen molar-refractivity contribution in [1.82, 2.24) is 4.90 Å². The van der Waals surface area contributed by atoms with Crippen molar-refractivity contribution in [2.24, 2.45) is 0 Å². The van der Waals surface area contributed by atoms with Crippen molar-refractivity contribution in [1.29, 1.82) is 0 Å². The van der Waals surface area contributed by atoms with Gasteiger partial charge >= 0.3 is 5.97 Å². The Labute approximate surface area is 122 Å². The lowest BCUT2D eigenvalue weighted by atomic mass is 10.1. The lowest BCUT2D eigenvalue weighted by Gasteiger charge is -2.21. The zero-order valence-electron chi connectivity index (χ0n) is 12.0. The Kier molecular flexibility index (Phi) is 4.57. The Morgan fingerprint density at radius 1 is 1.38 bits per heavy atom. The van der Waals surface area contributed by atoms with Gasteiger partial charge in [0.05, 0.1) is 0 Å². The maximum Gasteiger partial charge on any atom is 0.332 e. The van der Waals surface area contributed by atoms with Crippen molar-refractivity contribution in [3.05, 3.63) is 35.1 Å². The topological polar surface area (TPSA) is 66.8 Å². The van der Waals surface area contributed by atoms with Crippen LogP contribution in [0.5, 0.6) is 0 Å². The van der Waals surface area contributed by atoms with E-state index >= 15 is 0 Å². The number of carbonyl (C=O) groups is 2. The molecule has 0 unspecified atom stereocenters. The first-order chi connectivity index (χ1) is 9.88. The summed E-state index contributed by atoms with van der Waals surface area (Å²) in [5.74, 6) is -1.74. The van der Waals surface area contributed by atoms with E-state index in [2.05, 4.69) is 0 Å². The van der Waals surface area contributed by atoms with Crippen molar-refractivity contribution >= 4 is 11.9 Å². The second-order valence-electron chi connectivity index (χ2n) is 5.32. The molecule has 21 heavy (non-hydrogen) atoms. The van der Waals surface area contributed by atoms with Crippen LogP contribution in [0.25, 0.3) is 0 Å². The number of benzene rings is 1. The molecular formula is C15H18FNO4. The Bertz CT molecular complexity index is 561. The van der Waals surface area contributed by atoms with E-state index in [0.29, 0.717) is 18.4 Å². The molecule has 1 aromatic carbocycles. The quantitative estimate of drug-likeness (QED) is 0.918. The van der Waals surface area contributed by atoms with Crippen LogP contribution in [0.1, 0.15) is 24.0 Å². The van der Waals surface area contributed by atoms with E-state index in [4.69, 9.17) is 9.84 Å². The van der Waals surface area contributed by atoms with Gasteiger partial charge in [0.25, 0.3) is 5.91 Å². The van der Waals surface area contributed by atoms with Gasteiger partial charge in [-0.15, -0.1) is 0 Å². The fraction of sp³-hybridized carbons (Fsp3) is 0.467. The molecule has 1 aromatic rings. The highest BCUT2D eigenvalue weighted by molar-refractivity contribution is 5.82. The fourth-order valence-electron chi connectivity index (χ4n) is 2.40. The molecule has 0 radical (unpaired) electrons. The number of halogens is 1. The minimum atomic E-state index is -1.06. The van der Waals surface area contributed by atoms with Gasteiger partial charge in [-0.05, 0) is 25.8 Å². The number of hydrogen-bond acceptors (Lipinski definition) is 3. The molecule has 1 fully saturated rings. The highest BCUT2D eigenvalue weighted by Gasteiger charge is 2.36. The highest BCUT2D eigenvalue weighted by atomic mass is 19.1. The van der Waals surface area contributed by atoms with Crippen molar-refractivity contribution in [3.63, 3.8) is 0 Å². The van der Waals surface area contributed by atoms with Gasteiger partial charge in [-0.25, -0.2) is 9.18 Å². The molecule has 2 rings (SSSR count). The summed E-state index contributed by atoms with van der Waals surface area (Å²) in [6.45, 7) is 1.98. The van der Waals surface area contributed by atoms with Crippen LogP contribution in [0.4, 0.5) is 4.39 Å². The second-order valence-corrected chi connectivity index (χ2v) is 5.32. The largest absolute Gasteiger partial charge is 0.479 e. The van der Waals surface area contributed by atoms with Crippen molar-refractivity contribution < 1.29 is 23.8 Å². The number of hydrogen-bond donors (Lipinski definition) is 1. The Morgan fingerprint density at radius 3 is 2.67 bits per heavy atom. The van der Waals surface area contributed by atoms with Gasteiger partial charge < -0.3 is 14.7 Å². The standard InChI is InChI=1S/C15H18FNO4/c1-9-3-4-11(16)10(7-9)8-17(2)14(18)12-5-6-13(21-12)15(19)20/h3-4,7,12-13H,5-6,8H2,1-2H3,(H,19,20)/t12-,13+/m0/s1. The summed E-state index contributed by atoms with van der Waals surface area (Å²) < 4.78 is 18.9. The van der Waals surface area contributed by atoms with Crippen LogP contribution in [0, 0.1) is 12.7 Å². The van der Waals surface area contributed by atoms with Crippen LogP contribution in [0.15, 0.2) is 18.2 Å². The van der Waals surface area contributed by atoms with E-state index in [1.807, 2.05) is 6.92 Å². The number of aliphatic carboxylic acids is 1. The van der Waals surface area contributed by atoms with Gasteiger partial charge in [0.2, 0.25) is 0 Å². The number of amides is 1. The predicted octanol–water partition coefficient (Wildman–Crippen LogP) is 1.72. The van der Waals surface area contributed by atoms with E-state index < -0.39 is 18.2 Å².